The van der Waals surface area contributed by atoms with Gasteiger partial charge in [0.15, 0.2) is 4.90 Å². The molecule has 0 saturated carbocycles. The van der Waals surface area contributed by atoms with Crippen LogP contribution in [0.5, 0.6) is 0 Å². The number of anilines is 1. The molecule has 0 spiro atoms. The van der Waals surface area contributed by atoms with Crippen LogP contribution >= 0.6 is 0 Å². The van der Waals surface area contributed by atoms with Gasteiger partial charge >= 0.3 is 5.69 Å². The third-order valence-corrected chi connectivity index (χ3v) is 7.29. The van der Waals surface area contributed by atoms with Gasteiger partial charge < -0.3 is 10.3 Å². The Morgan fingerprint density at radius 2 is 1.83 bits per heavy atom. The summed E-state index contributed by atoms with van der Waals surface area (Å²) in [7, 11) is -4.16. The first-order chi connectivity index (χ1) is 14.1. The monoisotopic (exact) mass is 434 g/mol. The van der Waals surface area contributed by atoms with Crippen molar-refractivity contribution in [3.05, 3.63) is 56.4 Å². The number of carbonyl (C=O) groups is 1. The minimum Gasteiger partial charge on any atom is -0.326 e. The van der Waals surface area contributed by atoms with Crippen LogP contribution in [0.2, 0.25) is 0 Å². The normalized spacial score (nSPS) is 17.8. The van der Waals surface area contributed by atoms with Crippen molar-refractivity contribution in [2.24, 2.45) is 5.92 Å². The Bertz CT molecular complexity index is 1150. The maximum Gasteiger partial charge on any atom is 0.325 e. The number of aryl methyl sites for hydroxylation is 1. The first-order valence-corrected chi connectivity index (χ1v) is 11.3. The molecule has 10 heteroatoms. The quantitative estimate of drug-likeness (QED) is 0.657. The van der Waals surface area contributed by atoms with E-state index in [4.69, 9.17) is 0 Å². The van der Waals surface area contributed by atoms with E-state index in [1.807, 2.05) is 29.2 Å². The summed E-state index contributed by atoms with van der Waals surface area (Å²) in [5, 5.41) is 2.84. The molecule has 162 valence electrons. The van der Waals surface area contributed by atoms with E-state index >= 15 is 0 Å². The molecular formula is C20H26N4O5S. The number of aromatic nitrogens is 2. The zero-order valence-electron chi connectivity index (χ0n) is 17.2. The first-order valence-electron chi connectivity index (χ1n) is 9.83. The molecule has 9 nitrogen and oxygen atoms in total. The van der Waals surface area contributed by atoms with Crippen LogP contribution in [0.3, 0.4) is 0 Å². The number of amides is 1. The van der Waals surface area contributed by atoms with Crippen LogP contribution in [0.1, 0.15) is 43.9 Å². The second-order valence-electron chi connectivity index (χ2n) is 7.83. The molecule has 1 aromatic carbocycles. The molecule has 1 amide bonds. The topological polar surface area (TPSA) is 132 Å². The molecule has 0 unspecified atom stereocenters. The summed E-state index contributed by atoms with van der Waals surface area (Å²) in [4.78, 5) is 40.0. The summed E-state index contributed by atoms with van der Waals surface area (Å²) in [6, 6.07) is 7.55. The molecule has 1 atom stereocenters. The fraction of sp³-hybridized carbons (Fsp3) is 0.450. The zero-order valence-corrected chi connectivity index (χ0v) is 18.0. The Labute approximate surface area is 174 Å². The van der Waals surface area contributed by atoms with E-state index in [0.717, 1.165) is 9.87 Å². The fourth-order valence-electron chi connectivity index (χ4n) is 3.60. The van der Waals surface area contributed by atoms with Gasteiger partial charge in [-0.3, -0.25) is 14.6 Å². The molecule has 1 saturated heterocycles. The highest BCUT2D eigenvalue weighted by molar-refractivity contribution is 7.89. The lowest BCUT2D eigenvalue weighted by molar-refractivity contribution is -0.120. The zero-order chi connectivity index (χ0) is 22.1. The second kappa shape index (κ2) is 8.57. The van der Waals surface area contributed by atoms with Gasteiger partial charge in [0.05, 0.1) is 5.92 Å². The Balaban J connectivity index is 1.77. The molecule has 30 heavy (non-hydrogen) atoms. The van der Waals surface area contributed by atoms with Crippen molar-refractivity contribution in [2.45, 2.75) is 44.4 Å². The van der Waals surface area contributed by atoms with Gasteiger partial charge in [0, 0.05) is 24.5 Å². The third-order valence-electron chi connectivity index (χ3n) is 5.27. The predicted molar refractivity (Wildman–Crippen MR) is 113 cm³/mol. The Kier molecular flexibility index (Phi) is 6.27. The number of hydrogen-bond donors (Lipinski definition) is 3. The Morgan fingerprint density at radius 3 is 2.43 bits per heavy atom. The SMILES string of the molecule is Cc1[nH]c(=O)[nH]c(=O)c1S(=O)(=O)N1CCC[C@@H](C(=O)Nc2ccc(C(C)C)cc2)C1. The Hall–Kier alpha value is -2.72. The average Bonchev–Trinajstić information content (AvgIpc) is 2.67. The summed E-state index contributed by atoms with van der Waals surface area (Å²) in [5.74, 6) is -0.425. The van der Waals surface area contributed by atoms with Crippen molar-refractivity contribution in [1.82, 2.24) is 14.3 Å². The molecule has 0 radical (unpaired) electrons. The predicted octanol–water partition coefficient (Wildman–Crippen LogP) is 1.53. The van der Waals surface area contributed by atoms with E-state index in [0.29, 0.717) is 24.4 Å². The highest BCUT2D eigenvalue weighted by Gasteiger charge is 2.35. The second-order valence-corrected chi connectivity index (χ2v) is 9.71. The minimum atomic E-state index is -4.16. The number of sulfonamides is 1. The van der Waals surface area contributed by atoms with Crippen LogP contribution in [-0.4, -0.2) is 41.7 Å². The van der Waals surface area contributed by atoms with Crippen LogP contribution in [0, 0.1) is 12.8 Å². The number of H-pyrrole nitrogens is 2. The summed E-state index contributed by atoms with van der Waals surface area (Å²) in [5.41, 5.74) is 0.0474. The summed E-state index contributed by atoms with van der Waals surface area (Å²) >= 11 is 0. The van der Waals surface area contributed by atoms with Crippen LogP contribution in [0.25, 0.3) is 0 Å². The lowest BCUT2D eigenvalue weighted by Crippen LogP contribution is -2.45. The van der Waals surface area contributed by atoms with Gasteiger partial charge in [-0.05, 0) is 43.4 Å². The summed E-state index contributed by atoms with van der Waals surface area (Å²) in [6.07, 6.45) is 1.03. The standard InChI is InChI=1S/C20H26N4O5S/c1-12(2)14-6-8-16(9-7-14)22-18(25)15-5-4-10-24(11-15)30(28,29)17-13(3)21-20(27)23-19(17)26/h6-9,12,15H,4-5,10-11H2,1-3H3,(H,22,25)(H2,21,23,26,27)/t15-/m1/s1. The Morgan fingerprint density at radius 1 is 1.17 bits per heavy atom. The number of hydrogen-bond acceptors (Lipinski definition) is 5. The summed E-state index contributed by atoms with van der Waals surface area (Å²) in [6.45, 7) is 5.70. The van der Waals surface area contributed by atoms with Gasteiger partial charge in [0.25, 0.3) is 5.56 Å². The molecule has 0 aliphatic carbocycles. The fourth-order valence-corrected chi connectivity index (χ4v) is 5.33. The molecule has 3 rings (SSSR count). The molecule has 1 aliphatic heterocycles. The smallest absolute Gasteiger partial charge is 0.325 e. The maximum absolute atomic E-state index is 13.0. The van der Waals surface area contributed by atoms with Crippen LogP contribution < -0.4 is 16.6 Å². The van der Waals surface area contributed by atoms with Crippen LogP contribution in [0.15, 0.2) is 38.8 Å². The highest BCUT2D eigenvalue weighted by atomic mass is 32.2. The third kappa shape index (κ3) is 4.54. The molecule has 3 N–H and O–H groups in total. The van der Waals surface area contributed by atoms with E-state index in [-0.39, 0.29) is 24.7 Å². The minimum absolute atomic E-state index is 0.0273. The number of aromatic amines is 2. The lowest BCUT2D eigenvalue weighted by atomic mass is 9.98. The molecule has 0 bridgehead atoms. The molecule has 2 aromatic rings. The largest absolute Gasteiger partial charge is 0.326 e. The highest BCUT2D eigenvalue weighted by Crippen LogP contribution is 2.25. The molecular weight excluding hydrogens is 408 g/mol. The van der Waals surface area contributed by atoms with E-state index in [9.17, 15) is 22.8 Å². The van der Waals surface area contributed by atoms with Gasteiger partial charge in [-0.1, -0.05) is 26.0 Å². The van der Waals surface area contributed by atoms with Gasteiger partial charge in [-0.15, -0.1) is 0 Å². The lowest BCUT2D eigenvalue weighted by Gasteiger charge is -2.31. The van der Waals surface area contributed by atoms with Gasteiger partial charge in [-0.25, -0.2) is 13.2 Å². The number of carbonyl (C=O) groups excluding carboxylic acids is 1. The maximum atomic E-state index is 13.0. The number of nitrogens with one attached hydrogen (secondary N) is 3. The number of benzene rings is 1. The average molecular weight is 435 g/mol. The van der Waals surface area contributed by atoms with E-state index in [1.165, 1.54) is 6.92 Å². The van der Waals surface area contributed by atoms with Crippen molar-refractivity contribution in [3.63, 3.8) is 0 Å². The van der Waals surface area contributed by atoms with E-state index in [1.54, 1.807) is 0 Å². The van der Waals surface area contributed by atoms with Crippen molar-refractivity contribution in [2.75, 3.05) is 18.4 Å². The number of nitrogens with zero attached hydrogens (tertiary/aromatic N) is 1. The van der Waals surface area contributed by atoms with Crippen molar-refractivity contribution < 1.29 is 13.2 Å². The van der Waals surface area contributed by atoms with E-state index in [2.05, 4.69) is 24.1 Å². The van der Waals surface area contributed by atoms with Crippen LogP contribution in [0.4, 0.5) is 5.69 Å². The van der Waals surface area contributed by atoms with Gasteiger partial charge in [0.1, 0.15) is 0 Å². The number of rotatable bonds is 5. The number of piperidine rings is 1. The van der Waals surface area contributed by atoms with Crippen molar-refractivity contribution in [1.29, 1.82) is 0 Å². The van der Waals surface area contributed by atoms with Crippen molar-refractivity contribution in [3.8, 4) is 0 Å². The summed E-state index contributed by atoms with van der Waals surface area (Å²) < 4.78 is 27.2. The molecule has 1 aromatic heterocycles. The van der Waals surface area contributed by atoms with E-state index < -0.39 is 32.1 Å². The van der Waals surface area contributed by atoms with Gasteiger partial charge in [0.2, 0.25) is 15.9 Å². The van der Waals surface area contributed by atoms with Crippen LogP contribution in [-0.2, 0) is 14.8 Å². The van der Waals surface area contributed by atoms with Crippen molar-refractivity contribution >= 4 is 21.6 Å². The molecule has 1 aliphatic rings. The molecule has 2 heterocycles. The first kappa shape index (κ1) is 22.0. The molecule has 1 fully saturated rings. The van der Waals surface area contributed by atoms with Gasteiger partial charge in [-0.2, -0.15) is 4.31 Å².